The first-order valence-corrected chi connectivity index (χ1v) is 6.77. The third kappa shape index (κ3) is 1.74. The molecule has 0 radical (unpaired) electrons. The van der Waals surface area contributed by atoms with E-state index in [9.17, 15) is 4.79 Å². The number of esters is 1. The largest absolute Gasteiger partial charge is 0.468 e. The van der Waals surface area contributed by atoms with Gasteiger partial charge < -0.3 is 9.30 Å². The first-order valence-electron chi connectivity index (χ1n) is 6.77. The molecule has 0 bridgehead atoms. The van der Waals surface area contributed by atoms with Crippen molar-refractivity contribution in [3.05, 3.63) is 30.1 Å². The van der Waals surface area contributed by atoms with E-state index in [1.54, 1.807) is 0 Å². The Kier molecular flexibility index (Phi) is 2.81. The van der Waals surface area contributed by atoms with Crippen LogP contribution in [0.1, 0.15) is 32.0 Å². The van der Waals surface area contributed by atoms with Crippen LogP contribution in [0.4, 0.5) is 0 Å². The van der Waals surface area contributed by atoms with Crippen LogP contribution in [0.5, 0.6) is 0 Å². The lowest BCUT2D eigenvalue weighted by Gasteiger charge is -2.14. The van der Waals surface area contributed by atoms with Gasteiger partial charge in [0.2, 0.25) is 0 Å². The maximum atomic E-state index is 12.1. The van der Waals surface area contributed by atoms with Crippen molar-refractivity contribution in [1.82, 2.24) is 9.55 Å². The highest BCUT2D eigenvalue weighted by molar-refractivity contribution is 5.87. The molecule has 1 aromatic heterocycles. The maximum Gasteiger partial charge on any atom is 0.319 e. The highest BCUT2D eigenvalue weighted by Crippen LogP contribution is 2.49. The fraction of sp³-hybridized carbons (Fsp3) is 0.467. The SMILES string of the molecule is CCCn1c(C2(C(=O)OC)CC2)nc2ccccc21. The second kappa shape index (κ2) is 4.37. The molecule has 1 aliphatic carbocycles. The summed E-state index contributed by atoms with van der Waals surface area (Å²) < 4.78 is 7.15. The number of imidazole rings is 1. The molecule has 0 saturated heterocycles. The molecule has 1 aliphatic rings. The van der Waals surface area contributed by atoms with E-state index < -0.39 is 5.41 Å². The predicted octanol–water partition coefficient (Wildman–Crippen LogP) is 2.65. The molecule has 0 unspecified atom stereocenters. The molecule has 3 rings (SSSR count). The number of ether oxygens (including phenoxy) is 1. The number of para-hydroxylation sites is 2. The Hall–Kier alpha value is -1.84. The number of nitrogens with zero attached hydrogens (tertiary/aromatic N) is 2. The third-order valence-electron chi connectivity index (χ3n) is 3.86. The van der Waals surface area contributed by atoms with Crippen LogP contribution in [0.15, 0.2) is 24.3 Å². The van der Waals surface area contributed by atoms with Crippen LogP contribution >= 0.6 is 0 Å². The summed E-state index contributed by atoms with van der Waals surface area (Å²) in [5.41, 5.74) is 1.57. The fourth-order valence-corrected chi connectivity index (χ4v) is 2.73. The van der Waals surface area contributed by atoms with Gasteiger partial charge in [-0.05, 0) is 31.4 Å². The summed E-state index contributed by atoms with van der Waals surface area (Å²) in [5.74, 6) is 0.725. The number of fused-ring (bicyclic) bond motifs is 1. The molecule has 0 amide bonds. The molecule has 0 aliphatic heterocycles. The average Bonchev–Trinajstić information content (AvgIpc) is 3.17. The molecule has 0 spiro atoms. The Morgan fingerprint density at radius 2 is 2.16 bits per heavy atom. The zero-order valence-electron chi connectivity index (χ0n) is 11.3. The van der Waals surface area contributed by atoms with Gasteiger partial charge in [0.15, 0.2) is 0 Å². The molecule has 4 heteroatoms. The van der Waals surface area contributed by atoms with Crippen LogP contribution in [0.25, 0.3) is 11.0 Å². The van der Waals surface area contributed by atoms with E-state index in [2.05, 4.69) is 17.6 Å². The minimum Gasteiger partial charge on any atom is -0.468 e. The Balaban J connectivity index is 2.18. The predicted molar refractivity (Wildman–Crippen MR) is 73.0 cm³/mol. The number of aromatic nitrogens is 2. The van der Waals surface area contributed by atoms with Crippen LogP contribution < -0.4 is 0 Å². The Labute approximate surface area is 112 Å². The molecule has 100 valence electrons. The van der Waals surface area contributed by atoms with E-state index in [4.69, 9.17) is 9.72 Å². The van der Waals surface area contributed by atoms with Gasteiger partial charge in [-0.3, -0.25) is 4.79 Å². The van der Waals surface area contributed by atoms with E-state index in [0.29, 0.717) is 0 Å². The number of hydrogen-bond donors (Lipinski definition) is 0. The van der Waals surface area contributed by atoms with Gasteiger partial charge in [-0.25, -0.2) is 4.98 Å². The summed E-state index contributed by atoms with van der Waals surface area (Å²) in [7, 11) is 1.45. The summed E-state index contributed by atoms with van der Waals surface area (Å²) in [6, 6.07) is 8.05. The molecule has 1 saturated carbocycles. The first kappa shape index (κ1) is 12.2. The van der Waals surface area contributed by atoms with Crippen LogP contribution in [-0.2, 0) is 21.5 Å². The summed E-state index contributed by atoms with van der Waals surface area (Å²) in [6.07, 6.45) is 2.70. The minimum absolute atomic E-state index is 0.153. The van der Waals surface area contributed by atoms with Gasteiger partial charge in [-0.15, -0.1) is 0 Å². The molecular weight excluding hydrogens is 240 g/mol. The molecule has 1 heterocycles. The van der Waals surface area contributed by atoms with Crippen molar-refractivity contribution in [3.8, 4) is 0 Å². The molecule has 1 aromatic carbocycles. The Morgan fingerprint density at radius 1 is 1.42 bits per heavy atom. The number of rotatable bonds is 4. The van der Waals surface area contributed by atoms with E-state index in [-0.39, 0.29) is 5.97 Å². The van der Waals surface area contributed by atoms with Gasteiger partial charge >= 0.3 is 5.97 Å². The van der Waals surface area contributed by atoms with Crippen molar-refractivity contribution in [3.63, 3.8) is 0 Å². The molecule has 19 heavy (non-hydrogen) atoms. The van der Waals surface area contributed by atoms with Crippen molar-refractivity contribution in [2.75, 3.05) is 7.11 Å². The lowest BCUT2D eigenvalue weighted by molar-refractivity contribution is -0.144. The van der Waals surface area contributed by atoms with Crippen LogP contribution in [0.2, 0.25) is 0 Å². The first-order chi connectivity index (χ1) is 9.23. The average molecular weight is 258 g/mol. The fourth-order valence-electron chi connectivity index (χ4n) is 2.73. The maximum absolute atomic E-state index is 12.1. The molecule has 0 atom stereocenters. The summed E-state index contributed by atoms with van der Waals surface area (Å²) in [6.45, 7) is 3.02. The number of methoxy groups -OCH3 is 1. The highest BCUT2D eigenvalue weighted by Gasteiger charge is 2.56. The zero-order valence-corrected chi connectivity index (χ0v) is 11.3. The quantitative estimate of drug-likeness (QED) is 0.792. The van der Waals surface area contributed by atoms with Crippen molar-refractivity contribution >= 4 is 17.0 Å². The normalized spacial score (nSPS) is 16.5. The molecule has 0 N–H and O–H groups in total. The van der Waals surface area contributed by atoms with Crippen molar-refractivity contribution in [2.45, 2.75) is 38.1 Å². The topological polar surface area (TPSA) is 44.1 Å². The van der Waals surface area contributed by atoms with Gasteiger partial charge in [0.05, 0.1) is 18.1 Å². The van der Waals surface area contributed by atoms with Crippen LogP contribution in [-0.4, -0.2) is 22.6 Å². The zero-order chi connectivity index (χ0) is 13.5. The Morgan fingerprint density at radius 3 is 2.79 bits per heavy atom. The van der Waals surface area contributed by atoms with Gasteiger partial charge in [-0.1, -0.05) is 19.1 Å². The van der Waals surface area contributed by atoms with E-state index in [1.807, 2.05) is 18.2 Å². The van der Waals surface area contributed by atoms with Crippen molar-refractivity contribution in [2.24, 2.45) is 0 Å². The van der Waals surface area contributed by atoms with Gasteiger partial charge in [0.25, 0.3) is 0 Å². The summed E-state index contributed by atoms with van der Waals surface area (Å²) in [5, 5.41) is 0. The number of carbonyl (C=O) groups excluding carboxylic acids is 1. The summed E-state index contributed by atoms with van der Waals surface area (Å²) >= 11 is 0. The van der Waals surface area contributed by atoms with Crippen LogP contribution in [0.3, 0.4) is 0 Å². The lowest BCUT2D eigenvalue weighted by atomic mass is 10.1. The smallest absolute Gasteiger partial charge is 0.319 e. The van der Waals surface area contributed by atoms with Gasteiger partial charge in [0, 0.05) is 6.54 Å². The molecule has 4 nitrogen and oxygen atoms in total. The second-order valence-corrected chi connectivity index (χ2v) is 5.15. The lowest BCUT2D eigenvalue weighted by Crippen LogP contribution is -2.26. The van der Waals surface area contributed by atoms with E-state index in [0.717, 1.165) is 42.7 Å². The number of benzene rings is 1. The molecule has 2 aromatic rings. The van der Waals surface area contributed by atoms with Crippen molar-refractivity contribution in [1.29, 1.82) is 0 Å². The highest BCUT2D eigenvalue weighted by atomic mass is 16.5. The number of aryl methyl sites for hydroxylation is 1. The van der Waals surface area contributed by atoms with Gasteiger partial charge in [-0.2, -0.15) is 0 Å². The second-order valence-electron chi connectivity index (χ2n) is 5.15. The standard InChI is InChI=1S/C15H18N2O2/c1-3-10-17-12-7-5-4-6-11(12)16-13(17)15(8-9-15)14(18)19-2/h4-7H,3,8-10H2,1-2H3. The number of carbonyl (C=O) groups is 1. The molecule has 1 fully saturated rings. The summed E-state index contributed by atoms with van der Waals surface area (Å²) in [4.78, 5) is 16.8. The monoisotopic (exact) mass is 258 g/mol. The van der Waals surface area contributed by atoms with Gasteiger partial charge in [0.1, 0.15) is 11.2 Å². The van der Waals surface area contributed by atoms with Crippen molar-refractivity contribution < 1.29 is 9.53 Å². The number of hydrogen-bond acceptors (Lipinski definition) is 3. The van der Waals surface area contributed by atoms with Crippen LogP contribution in [0, 0.1) is 0 Å². The Bertz CT molecular complexity index is 626. The molecular formula is C15H18N2O2. The van der Waals surface area contributed by atoms with E-state index in [1.165, 1.54) is 7.11 Å². The van der Waals surface area contributed by atoms with E-state index >= 15 is 0 Å². The minimum atomic E-state index is -0.497. The third-order valence-corrected chi connectivity index (χ3v) is 3.86.